The molecule has 2 rings (SSSR count). The molecule has 128 valence electrons. The van der Waals surface area contributed by atoms with Crippen molar-refractivity contribution < 1.29 is 22.3 Å². The Morgan fingerprint density at radius 1 is 1.30 bits per heavy atom. The second kappa shape index (κ2) is 6.86. The summed E-state index contributed by atoms with van der Waals surface area (Å²) in [6, 6.07) is 3.54. The third-order valence-electron chi connectivity index (χ3n) is 4.43. The van der Waals surface area contributed by atoms with Crippen molar-refractivity contribution in [2.24, 2.45) is 0 Å². The normalized spacial score (nSPS) is 21.7. The fraction of sp³-hybridized carbons (Fsp3) is 0.562. The van der Waals surface area contributed by atoms with Gasteiger partial charge in [-0.15, -0.1) is 0 Å². The number of rotatable bonds is 4. The maximum absolute atomic E-state index is 13.5. The number of hydrogen-bond donors (Lipinski definition) is 0. The van der Waals surface area contributed by atoms with Gasteiger partial charge < -0.3 is 9.64 Å². The Kier molecular flexibility index (Phi) is 5.29. The van der Waals surface area contributed by atoms with Gasteiger partial charge in [0.2, 0.25) is 0 Å². The van der Waals surface area contributed by atoms with Gasteiger partial charge in [0, 0.05) is 24.9 Å². The van der Waals surface area contributed by atoms with Crippen LogP contribution in [0.1, 0.15) is 36.0 Å². The van der Waals surface area contributed by atoms with Crippen molar-refractivity contribution in [3.05, 3.63) is 29.6 Å². The van der Waals surface area contributed by atoms with Gasteiger partial charge in [-0.05, 0) is 31.0 Å². The summed E-state index contributed by atoms with van der Waals surface area (Å²) in [4.78, 5) is 14.1. The summed E-state index contributed by atoms with van der Waals surface area (Å²) in [5.74, 6) is -0.880. The zero-order valence-corrected chi connectivity index (χ0v) is 14.4. The van der Waals surface area contributed by atoms with Gasteiger partial charge in [-0.1, -0.05) is 12.8 Å². The molecule has 1 aromatic rings. The lowest BCUT2D eigenvalue weighted by atomic mass is 9.93. The first-order valence-corrected chi connectivity index (χ1v) is 9.50. The molecule has 1 saturated carbocycles. The first-order valence-electron chi connectivity index (χ1n) is 7.55. The molecule has 2 unspecified atom stereocenters. The second-order valence-corrected chi connectivity index (χ2v) is 8.25. The lowest BCUT2D eigenvalue weighted by molar-refractivity contribution is 0.0700. The van der Waals surface area contributed by atoms with Crippen LogP contribution in [0.2, 0.25) is 0 Å². The fourth-order valence-electron chi connectivity index (χ4n) is 3.17. The first kappa shape index (κ1) is 17.7. The van der Waals surface area contributed by atoms with E-state index < -0.39 is 20.9 Å². The second-order valence-electron chi connectivity index (χ2n) is 5.99. The van der Waals surface area contributed by atoms with Gasteiger partial charge in [-0.2, -0.15) is 0 Å². The van der Waals surface area contributed by atoms with Gasteiger partial charge in [0.25, 0.3) is 5.91 Å². The monoisotopic (exact) mass is 343 g/mol. The summed E-state index contributed by atoms with van der Waals surface area (Å²) in [6.45, 7) is 0. The molecule has 0 spiro atoms. The molecule has 1 amide bonds. The zero-order chi connectivity index (χ0) is 17.2. The maximum Gasteiger partial charge on any atom is 0.254 e. The lowest BCUT2D eigenvalue weighted by Crippen LogP contribution is -2.49. The smallest absolute Gasteiger partial charge is 0.254 e. The predicted molar refractivity (Wildman–Crippen MR) is 85.9 cm³/mol. The quantitative estimate of drug-likeness (QED) is 0.841. The molecule has 1 aromatic carbocycles. The van der Waals surface area contributed by atoms with E-state index in [1.165, 1.54) is 36.5 Å². The topological polar surface area (TPSA) is 63.7 Å². The van der Waals surface area contributed by atoms with Crippen molar-refractivity contribution in [1.82, 2.24) is 4.90 Å². The number of sulfone groups is 1. The van der Waals surface area contributed by atoms with Crippen LogP contribution in [0.25, 0.3) is 0 Å². The van der Waals surface area contributed by atoms with Crippen LogP contribution in [0.3, 0.4) is 0 Å². The van der Waals surface area contributed by atoms with Gasteiger partial charge in [0.05, 0.1) is 12.4 Å². The maximum atomic E-state index is 13.5. The Balaban J connectivity index is 2.27. The number of carbonyl (C=O) groups excluding carboxylic acids is 1. The van der Waals surface area contributed by atoms with Crippen molar-refractivity contribution in [2.75, 3.05) is 20.4 Å². The van der Waals surface area contributed by atoms with Crippen LogP contribution in [0, 0.1) is 5.82 Å². The Morgan fingerprint density at radius 2 is 1.96 bits per heavy atom. The molecule has 0 N–H and O–H groups in total. The average molecular weight is 343 g/mol. The van der Waals surface area contributed by atoms with Crippen molar-refractivity contribution in [3.63, 3.8) is 0 Å². The van der Waals surface area contributed by atoms with E-state index in [0.717, 1.165) is 12.8 Å². The van der Waals surface area contributed by atoms with Crippen LogP contribution < -0.4 is 4.74 Å². The van der Waals surface area contributed by atoms with Crippen LogP contribution in [0.4, 0.5) is 4.39 Å². The summed E-state index contributed by atoms with van der Waals surface area (Å²) < 4.78 is 42.4. The minimum atomic E-state index is -3.23. The van der Waals surface area contributed by atoms with Crippen LogP contribution in [0.5, 0.6) is 5.75 Å². The van der Waals surface area contributed by atoms with E-state index in [1.807, 2.05) is 0 Å². The minimum Gasteiger partial charge on any atom is -0.494 e. The highest BCUT2D eigenvalue weighted by molar-refractivity contribution is 7.91. The zero-order valence-electron chi connectivity index (χ0n) is 13.6. The average Bonchev–Trinajstić information content (AvgIpc) is 2.53. The number of carbonyl (C=O) groups is 1. The lowest BCUT2D eigenvalue weighted by Gasteiger charge is -2.37. The van der Waals surface area contributed by atoms with E-state index in [2.05, 4.69) is 0 Å². The number of methoxy groups -OCH3 is 1. The Bertz CT molecular complexity index is 689. The van der Waals surface area contributed by atoms with Gasteiger partial charge >= 0.3 is 0 Å². The van der Waals surface area contributed by atoms with E-state index in [0.29, 0.717) is 12.8 Å². The van der Waals surface area contributed by atoms with E-state index >= 15 is 0 Å². The molecule has 7 heteroatoms. The van der Waals surface area contributed by atoms with E-state index in [1.54, 1.807) is 7.05 Å². The molecule has 0 heterocycles. The van der Waals surface area contributed by atoms with Crippen LogP contribution in [0.15, 0.2) is 18.2 Å². The highest BCUT2D eigenvalue weighted by Gasteiger charge is 2.37. The van der Waals surface area contributed by atoms with Crippen molar-refractivity contribution in [3.8, 4) is 5.75 Å². The molecule has 0 saturated heterocycles. The Labute approximate surface area is 136 Å². The van der Waals surface area contributed by atoms with Crippen molar-refractivity contribution >= 4 is 15.7 Å². The number of hydrogen-bond acceptors (Lipinski definition) is 4. The Hall–Kier alpha value is -1.63. The van der Waals surface area contributed by atoms with Crippen LogP contribution in [-0.4, -0.2) is 50.9 Å². The van der Waals surface area contributed by atoms with Crippen molar-refractivity contribution in [2.45, 2.75) is 37.0 Å². The molecule has 23 heavy (non-hydrogen) atoms. The summed E-state index contributed by atoms with van der Waals surface area (Å²) in [5.41, 5.74) is 0.281. The Morgan fingerprint density at radius 3 is 2.57 bits per heavy atom. The standard InChI is InChI=1S/C16H22FNO4S/c1-18(13-6-4-5-7-15(13)23(3,20)21)16(19)11-8-9-12(17)14(10-11)22-2/h8-10,13,15H,4-7H2,1-3H3. The van der Waals surface area contributed by atoms with E-state index in [-0.39, 0.29) is 23.3 Å². The molecule has 1 aliphatic carbocycles. The largest absolute Gasteiger partial charge is 0.494 e. The molecule has 0 radical (unpaired) electrons. The molecule has 0 bridgehead atoms. The number of amides is 1. The number of benzene rings is 1. The highest BCUT2D eigenvalue weighted by Crippen LogP contribution is 2.29. The third kappa shape index (κ3) is 3.83. The first-order chi connectivity index (χ1) is 10.8. The minimum absolute atomic E-state index is 0.00689. The molecular weight excluding hydrogens is 321 g/mol. The molecule has 2 atom stereocenters. The van der Waals surface area contributed by atoms with Crippen molar-refractivity contribution in [1.29, 1.82) is 0 Å². The fourth-order valence-corrected chi connectivity index (χ4v) is 4.65. The summed E-state index contributed by atoms with van der Waals surface area (Å²) in [6.07, 6.45) is 4.17. The van der Waals surface area contributed by atoms with Gasteiger partial charge in [-0.25, -0.2) is 12.8 Å². The van der Waals surface area contributed by atoms with E-state index in [4.69, 9.17) is 4.74 Å². The van der Waals surface area contributed by atoms with Gasteiger partial charge in [0.15, 0.2) is 21.4 Å². The summed E-state index contributed by atoms with van der Waals surface area (Å²) in [5, 5.41) is -0.549. The number of nitrogens with zero attached hydrogens (tertiary/aromatic N) is 1. The molecular formula is C16H22FNO4S. The molecule has 0 aliphatic heterocycles. The van der Waals surface area contributed by atoms with Gasteiger partial charge in [0.1, 0.15) is 0 Å². The molecule has 5 nitrogen and oxygen atoms in total. The van der Waals surface area contributed by atoms with Crippen LogP contribution in [-0.2, 0) is 9.84 Å². The highest BCUT2D eigenvalue weighted by atomic mass is 32.2. The van der Waals surface area contributed by atoms with E-state index in [9.17, 15) is 17.6 Å². The van der Waals surface area contributed by atoms with Gasteiger partial charge in [-0.3, -0.25) is 4.79 Å². The molecule has 1 aliphatic rings. The third-order valence-corrected chi connectivity index (χ3v) is 6.08. The molecule has 0 aromatic heterocycles. The number of halogens is 1. The predicted octanol–water partition coefficient (Wildman–Crippen LogP) is 2.26. The van der Waals surface area contributed by atoms with Crippen LogP contribution >= 0.6 is 0 Å². The number of ether oxygens (including phenoxy) is 1. The summed E-state index contributed by atoms with van der Waals surface area (Å²) in [7, 11) is -0.300. The summed E-state index contributed by atoms with van der Waals surface area (Å²) >= 11 is 0. The molecule has 1 fully saturated rings. The SMILES string of the molecule is COc1cc(C(=O)N(C)C2CCCCC2S(C)(=O)=O)ccc1F.